The number of azo groups is 1. The highest BCUT2D eigenvalue weighted by molar-refractivity contribution is 6.03. The van der Waals surface area contributed by atoms with Gasteiger partial charge in [0, 0.05) is 68.1 Å². The maximum absolute atomic E-state index is 13.9. The number of phenolic OH excluding ortho intramolecular Hbond substituents is 2. The molecule has 26 heteroatoms. The number of hydroxylamine groups is 1. The number of esters is 3. The first-order chi connectivity index (χ1) is 40.9. The zero-order chi connectivity index (χ0) is 62.1. The molecule has 5 aromatic rings. The molecule has 26 nitrogen and oxygen atoms in total. The van der Waals surface area contributed by atoms with E-state index < -0.39 is 108 Å². The number of carbonyl (C=O) groups is 10. The number of anilines is 1. The topological polar surface area (TPSA) is 360 Å². The predicted molar refractivity (Wildman–Crippen MR) is 303 cm³/mol. The summed E-state index contributed by atoms with van der Waals surface area (Å²) in [6.45, 7) is 6.15. The van der Waals surface area contributed by atoms with Gasteiger partial charge in [0.25, 0.3) is 0 Å². The number of carbonyl (C=O) groups excluding carboxylic acids is 9. The molecular formula is C60H63N9O17. The van der Waals surface area contributed by atoms with Gasteiger partial charge in [0.15, 0.2) is 5.60 Å². The number of amides is 5. The number of phenols is 2. The average Bonchev–Trinajstić information content (AvgIpc) is 1.47. The second kappa shape index (κ2) is 26.6. The quantitative estimate of drug-likeness (QED) is 0.0112. The zero-order valence-electron chi connectivity index (χ0n) is 47.6. The van der Waals surface area contributed by atoms with Crippen LogP contribution < -0.4 is 36.4 Å². The van der Waals surface area contributed by atoms with Gasteiger partial charge in [-0.3, -0.25) is 28.8 Å². The number of hydrogen-bond donors (Lipinski definition) is 8. The van der Waals surface area contributed by atoms with Crippen molar-refractivity contribution in [3.8, 4) is 23.0 Å². The Morgan fingerprint density at radius 1 is 0.721 bits per heavy atom. The van der Waals surface area contributed by atoms with Gasteiger partial charge in [-0.25, -0.2) is 19.2 Å². The van der Waals surface area contributed by atoms with Crippen LogP contribution >= 0.6 is 0 Å². The smallest absolute Gasteiger partial charge is 0.356 e. The van der Waals surface area contributed by atoms with Crippen LogP contribution in [0.15, 0.2) is 113 Å². The molecule has 5 amide bonds. The largest absolute Gasteiger partial charge is 0.508 e. The van der Waals surface area contributed by atoms with Gasteiger partial charge in [-0.1, -0.05) is 13.8 Å². The van der Waals surface area contributed by atoms with Crippen molar-refractivity contribution in [2.75, 3.05) is 32.1 Å². The summed E-state index contributed by atoms with van der Waals surface area (Å²) in [5.41, 5.74) is 3.47. The van der Waals surface area contributed by atoms with Gasteiger partial charge in [0.05, 0.1) is 34.5 Å². The van der Waals surface area contributed by atoms with Gasteiger partial charge in [-0.2, -0.15) is 15.7 Å². The minimum absolute atomic E-state index is 0.00941. The van der Waals surface area contributed by atoms with E-state index in [4.69, 9.17) is 19.0 Å². The maximum atomic E-state index is 13.9. The summed E-state index contributed by atoms with van der Waals surface area (Å²) in [5, 5.41) is 48.7. The van der Waals surface area contributed by atoms with Crippen molar-refractivity contribution in [1.29, 1.82) is 0 Å². The van der Waals surface area contributed by atoms with E-state index in [1.165, 1.54) is 85.5 Å². The third-order valence-corrected chi connectivity index (χ3v) is 14.4. The van der Waals surface area contributed by atoms with E-state index in [0.29, 0.717) is 17.8 Å². The molecule has 0 saturated carbocycles. The first-order valence-electron chi connectivity index (χ1n) is 27.4. The number of nitrogens with zero attached hydrogens (tertiary/aromatic N) is 4. The van der Waals surface area contributed by atoms with E-state index in [2.05, 4.69) is 37.0 Å². The van der Waals surface area contributed by atoms with Crippen molar-refractivity contribution in [1.82, 2.24) is 31.6 Å². The lowest BCUT2D eigenvalue weighted by atomic mass is 9.77. The van der Waals surface area contributed by atoms with Crippen molar-refractivity contribution in [3.05, 3.63) is 137 Å². The number of rotatable bonds is 22. The second-order valence-corrected chi connectivity index (χ2v) is 21.1. The van der Waals surface area contributed by atoms with Gasteiger partial charge in [-0.05, 0) is 130 Å². The van der Waals surface area contributed by atoms with Crippen LogP contribution in [0.25, 0.3) is 0 Å². The van der Waals surface area contributed by atoms with Gasteiger partial charge in [0.2, 0.25) is 29.5 Å². The van der Waals surface area contributed by atoms with Crippen molar-refractivity contribution >= 4 is 76.4 Å². The number of likely N-dealkylation sites (tertiary alicyclic amines) is 1. The third kappa shape index (κ3) is 14.0. The summed E-state index contributed by atoms with van der Waals surface area (Å²) in [5.74, 6) is -10.4. The monoisotopic (exact) mass is 1180 g/mol. The van der Waals surface area contributed by atoms with Crippen LogP contribution in [0.5, 0.6) is 23.0 Å². The number of nitrogens with one attached hydrogen (secondary N) is 5. The van der Waals surface area contributed by atoms with Crippen LogP contribution in [0.3, 0.4) is 0 Å². The number of aliphatic carboxylic acids is 1. The van der Waals surface area contributed by atoms with E-state index >= 15 is 0 Å². The van der Waals surface area contributed by atoms with Crippen molar-refractivity contribution < 1.29 is 82.3 Å². The highest BCUT2D eigenvalue weighted by Crippen LogP contribution is 2.57. The number of aromatic hydroxyl groups is 2. The number of benzene rings is 5. The molecule has 0 bridgehead atoms. The van der Waals surface area contributed by atoms with Gasteiger partial charge >= 0.3 is 29.8 Å². The van der Waals surface area contributed by atoms with Crippen LogP contribution in [0.4, 0.5) is 17.1 Å². The Bertz CT molecular complexity index is 3460. The first-order valence-corrected chi connectivity index (χ1v) is 27.4. The molecule has 1 spiro atoms. The molecule has 86 heavy (non-hydrogen) atoms. The lowest BCUT2D eigenvalue weighted by molar-refractivity contribution is -0.148. The summed E-state index contributed by atoms with van der Waals surface area (Å²) >= 11 is 0. The Balaban J connectivity index is 0.802. The summed E-state index contributed by atoms with van der Waals surface area (Å²) in [6.07, 6.45) is -0.354. The highest BCUT2D eigenvalue weighted by atomic mass is 16.7. The molecule has 5 atom stereocenters. The van der Waals surface area contributed by atoms with Crippen LogP contribution in [0.2, 0.25) is 0 Å². The molecule has 450 valence electrons. The molecule has 0 aromatic heterocycles. The molecule has 8 rings (SSSR count). The summed E-state index contributed by atoms with van der Waals surface area (Å²) in [6, 6.07) is 18.8. The lowest BCUT2D eigenvalue weighted by Gasteiger charge is -2.36. The van der Waals surface area contributed by atoms with Crippen LogP contribution in [0.1, 0.15) is 108 Å². The fraction of sp³-hybridized carbons (Fsp3) is 0.333. The Labute approximate surface area is 492 Å². The Hall–Kier alpha value is -10.2. The van der Waals surface area contributed by atoms with Gasteiger partial charge in [-0.15, -0.1) is 0 Å². The van der Waals surface area contributed by atoms with Crippen LogP contribution in [0, 0.1) is 5.92 Å². The van der Waals surface area contributed by atoms with Crippen molar-refractivity contribution in [2.24, 2.45) is 16.1 Å². The first kappa shape index (κ1) is 61.8. The highest BCUT2D eigenvalue weighted by Gasteiger charge is 2.54. The van der Waals surface area contributed by atoms with Crippen LogP contribution in [-0.4, -0.2) is 137 Å². The fourth-order valence-electron chi connectivity index (χ4n) is 9.89. The maximum Gasteiger partial charge on any atom is 0.356 e. The van der Waals surface area contributed by atoms with Gasteiger partial charge < -0.3 is 65.4 Å². The number of carboxylic acids is 1. The van der Waals surface area contributed by atoms with Crippen molar-refractivity contribution in [2.45, 2.75) is 95.6 Å². The molecule has 1 fully saturated rings. The van der Waals surface area contributed by atoms with Crippen molar-refractivity contribution in [3.63, 3.8) is 0 Å². The molecule has 0 unspecified atom stereocenters. The van der Waals surface area contributed by atoms with Gasteiger partial charge in [0.1, 0.15) is 53.2 Å². The second-order valence-electron chi connectivity index (χ2n) is 21.1. The lowest BCUT2D eigenvalue weighted by Crippen LogP contribution is -2.59. The molecule has 3 aliphatic rings. The summed E-state index contributed by atoms with van der Waals surface area (Å²) < 4.78 is 17.1. The van der Waals surface area contributed by atoms with E-state index in [-0.39, 0.29) is 88.7 Å². The SMILES string of the molecule is CC(C)[C@H](NC(=O)[C@@H]1CCCN1C(=O)[C@H](C)NC(=O)[C@H](C)NC(=O)CCCNOC(=O)c1ccc(N=Nc2ccc(N(C)C)cc2)cc1)C(=O)N[C@@H](CC(=O)O)C(=O)OC(=O)c1ccc2c(c1)C1(OC2=O)c2ccc(O)cc2Oc2cc(O)ccc21. The Morgan fingerprint density at radius 3 is 1.94 bits per heavy atom. The van der Waals surface area contributed by atoms with Crippen LogP contribution in [-0.2, 0) is 53.5 Å². The standard InChI is InChI=1S/C60H63N9O17/c1-31(2)51(54(77)64-45(30-50(73)74)59(82)84-56(79)35-13-22-41-44(27-35)60(85-58(41)81)42-23-20-39(70)28-47(42)83-48-29-40(71)21-24-43(48)60)65-53(76)46-9-8-26-69(46)55(78)33(4)63-52(75)32(3)62-49(72)10-7-25-61-86-57(80)34-11-14-36(15-12-34)66-67-37-16-18-38(19-17-37)68(5)6/h11-24,27-29,31-33,45-46,51,61,70-71H,7-10,25-26,30H2,1-6H3,(H,62,72)(H,63,75)(H,64,77)(H,65,76)(H,73,74)/t32-,33-,45-,46-,51-/m0/s1. The van der Waals surface area contributed by atoms with E-state index in [1.54, 1.807) is 26.0 Å². The Kier molecular flexibility index (Phi) is 19.1. The molecule has 0 radical (unpaired) electrons. The molecule has 0 aliphatic carbocycles. The molecule has 3 aliphatic heterocycles. The normalized spacial score (nSPS) is 15.8. The number of hydrogen-bond acceptors (Lipinski definition) is 20. The number of carboxylic acid groups (broad SMARTS) is 1. The van der Waals surface area contributed by atoms with E-state index in [1.807, 2.05) is 43.3 Å². The number of fused-ring (bicyclic) bond motifs is 6. The fourth-order valence-corrected chi connectivity index (χ4v) is 9.89. The Morgan fingerprint density at radius 2 is 1.34 bits per heavy atom. The molecule has 1 saturated heterocycles. The van der Waals surface area contributed by atoms with E-state index in [9.17, 15) is 63.3 Å². The average molecular weight is 1180 g/mol. The predicted octanol–water partition coefficient (Wildman–Crippen LogP) is 5.07. The molecular weight excluding hydrogens is 1120 g/mol. The molecule has 8 N–H and O–H groups in total. The molecule has 5 aromatic carbocycles. The summed E-state index contributed by atoms with van der Waals surface area (Å²) in [4.78, 5) is 141. The minimum atomic E-state index is -1.98. The molecule has 3 heterocycles. The zero-order valence-corrected chi connectivity index (χ0v) is 47.6. The minimum Gasteiger partial charge on any atom is -0.508 e. The summed E-state index contributed by atoms with van der Waals surface area (Å²) in [7, 11) is 3.87. The number of ether oxygens (including phenoxy) is 3. The third-order valence-electron chi connectivity index (χ3n) is 14.4. The van der Waals surface area contributed by atoms with E-state index in [0.717, 1.165) is 5.69 Å².